The van der Waals surface area contributed by atoms with Crippen LogP contribution >= 0.6 is 0 Å². The van der Waals surface area contributed by atoms with Crippen LogP contribution in [-0.4, -0.2) is 23.3 Å². The van der Waals surface area contributed by atoms with Crippen LogP contribution in [0.5, 0.6) is 5.75 Å². The average molecular weight is 790 g/mol. The lowest BCUT2D eigenvalue weighted by Gasteiger charge is -2.11. The van der Waals surface area contributed by atoms with Crippen LogP contribution in [0.1, 0.15) is 82.5 Å². The monoisotopic (exact) mass is 789 g/mol. The number of hydrogen-bond acceptors (Lipinski definition) is 6. The number of allylic oxidation sites excluding steroid dienone is 9. The number of methoxy groups -OCH3 is 1. The Kier molecular flexibility index (Phi) is 18.3. The Hall–Kier alpha value is -6.18. The Balaban J connectivity index is 1.04. The minimum absolute atomic E-state index is 0.00483. The van der Waals surface area contributed by atoms with Crippen LogP contribution in [0.15, 0.2) is 162 Å². The van der Waals surface area contributed by atoms with Crippen LogP contribution in [-0.2, 0) is 17.8 Å². The van der Waals surface area contributed by atoms with Crippen LogP contribution in [0, 0.1) is 0 Å². The first-order valence-corrected chi connectivity index (χ1v) is 20.9. The Labute approximate surface area is 350 Å². The zero-order chi connectivity index (χ0) is 41.5. The molecule has 0 saturated carbocycles. The van der Waals surface area contributed by atoms with Gasteiger partial charge in [0, 0.05) is 22.6 Å². The fraction of sp³-hybridized carbons (Fsp3) is 0.269. The topological polar surface area (TPSA) is 96.6 Å². The number of aromatic nitrogens is 1. The minimum Gasteiger partial charge on any atom is -0.497 e. The number of anilines is 2. The average Bonchev–Trinajstić information content (AvgIpc) is 3.68. The first-order valence-electron chi connectivity index (χ1n) is 20.9. The number of unbranched alkanes of at least 4 members (excludes halogenated alkanes) is 4. The molecule has 0 aliphatic carbocycles. The lowest BCUT2D eigenvalue weighted by Crippen LogP contribution is -2.14. The molecule has 0 spiro atoms. The zero-order valence-corrected chi connectivity index (χ0v) is 34.7. The van der Waals surface area contributed by atoms with Gasteiger partial charge in [-0.25, -0.2) is 0 Å². The molecule has 0 radical (unpaired) electrons. The van der Waals surface area contributed by atoms with E-state index in [1.165, 1.54) is 25.7 Å². The quantitative estimate of drug-likeness (QED) is 0.0425. The summed E-state index contributed by atoms with van der Waals surface area (Å²) in [7, 11) is 1.62. The summed E-state index contributed by atoms with van der Waals surface area (Å²) in [5.41, 5.74) is 8.64. The molecule has 5 aromatic rings. The fourth-order valence-electron chi connectivity index (χ4n) is 6.57. The number of aliphatic hydroxyl groups is 1. The number of nitrogens with zero attached hydrogens (tertiary/aromatic N) is 1. The maximum atomic E-state index is 13.3. The van der Waals surface area contributed by atoms with Gasteiger partial charge in [-0.2, -0.15) is 0 Å². The third kappa shape index (κ3) is 14.6. The molecule has 3 N–H and O–H groups in total. The molecule has 1 heterocycles. The highest BCUT2D eigenvalue weighted by atomic mass is 16.5. The third-order valence-corrected chi connectivity index (χ3v) is 9.89. The summed E-state index contributed by atoms with van der Waals surface area (Å²) in [6, 6.07) is 31.1. The summed E-state index contributed by atoms with van der Waals surface area (Å²) in [5, 5.41) is 20.3. The molecule has 7 heteroatoms. The van der Waals surface area contributed by atoms with E-state index in [4.69, 9.17) is 9.26 Å². The van der Waals surface area contributed by atoms with Crippen molar-refractivity contribution in [2.24, 2.45) is 0 Å². The van der Waals surface area contributed by atoms with Crippen molar-refractivity contribution >= 4 is 17.3 Å². The number of benzene rings is 4. The van der Waals surface area contributed by atoms with Crippen molar-refractivity contribution in [1.82, 2.24) is 5.16 Å². The molecular formula is C52H59N3O4. The first-order chi connectivity index (χ1) is 29.0. The molecule has 1 aromatic heterocycles. The van der Waals surface area contributed by atoms with E-state index in [-0.39, 0.29) is 18.9 Å². The van der Waals surface area contributed by atoms with Gasteiger partial charge >= 0.3 is 0 Å². The maximum Gasteiger partial charge on any atom is 0.232 e. The summed E-state index contributed by atoms with van der Waals surface area (Å²) in [5.74, 6) is 0.953. The lowest BCUT2D eigenvalue weighted by molar-refractivity contribution is -0.115. The van der Waals surface area contributed by atoms with Crippen molar-refractivity contribution in [2.45, 2.75) is 84.2 Å². The van der Waals surface area contributed by atoms with E-state index in [1.807, 2.05) is 72.8 Å². The van der Waals surface area contributed by atoms with Crippen LogP contribution in [0.2, 0.25) is 0 Å². The van der Waals surface area contributed by atoms with Gasteiger partial charge in [-0.05, 0) is 110 Å². The van der Waals surface area contributed by atoms with Gasteiger partial charge in [0.1, 0.15) is 11.4 Å². The highest BCUT2D eigenvalue weighted by molar-refractivity contribution is 5.94. The van der Waals surface area contributed by atoms with E-state index >= 15 is 0 Å². The molecule has 7 nitrogen and oxygen atoms in total. The molecule has 0 bridgehead atoms. The molecule has 0 atom stereocenters. The van der Waals surface area contributed by atoms with E-state index in [2.05, 4.69) is 102 Å². The normalized spacial score (nSPS) is 11.6. The van der Waals surface area contributed by atoms with Crippen molar-refractivity contribution in [3.63, 3.8) is 0 Å². The summed E-state index contributed by atoms with van der Waals surface area (Å²) in [6.45, 7) is 6.43. The van der Waals surface area contributed by atoms with E-state index in [0.717, 1.165) is 89.0 Å². The molecule has 0 saturated heterocycles. The summed E-state index contributed by atoms with van der Waals surface area (Å²) < 4.78 is 11.1. The van der Waals surface area contributed by atoms with Crippen molar-refractivity contribution in [1.29, 1.82) is 0 Å². The third-order valence-electron chi connectivity index (χ3n) is 9.89. The Morgan fingerprint density at radius 1 is 0.678 bits per heavy atom. The number of aliphatic hydroxyl groups excluding tert-OH is 1. The van der Waals surface area contributed by atoms with Gasteiger partial charge in [-0.3, -0.25) is 4.79 Å². The first kappa shape index (κ1) is 43.9. The van der Waals surface area contributed by atoms with Crippen molar-refractivity contribution in [2.75, 3.05) is 17.7 Å². The van der Waals surface area contributed by atoms with Gasteiger partial charge in [-0.1, -0.05) is 141 Å². The maximum absolute atomic E-state index is 13.3. The van der Waals surface area contributed by atoms with E-state index in [9.17, 15) is 9.90 Å². The number of carbonyl (C=O) groups is 1. The lowest BCUT2D eigenvalue weighted by atomic mass is 9.97. The van der Waals surface area contributed by atoms with Crippen LogP contribution in [0.4, 0.5) is 11.4 Å². The van der Waals surface area contributed by atoms with Crippen molar-refractivity contribution < 1.29 is 19.2 Å². The number of amides is 1. The minimum atomic E-state index is -0.222. The molecule has 59 heavy (non-hydrogen) atoms. The van der Waals surface area contributed by atoms with Crippen LogP contribution in [0.3, 0.4) is 0 Å². The number of hydrogen-bond donors (Lipinski definition) is 3. The highest BCUT2D eigenvalue weighted by Crippen LogP contribution is 2.36. The molecule has 5 rings (SSSR count). The van der Waals surface area contributed by atoms with Crippen molar-refractivity contribution in [3.05, 3.63) is 169 Å². The number of ether oxygens (including phenoxy) is 1. The number of rotatable bonds is 24. The fourth-order valence-corrected chi connectivity index (χ4v) is 6.57. The molecule has 1 amide bonds. The molecule has 306 valence electrons. The summed E-state index contributed by atoms with van der Waals surface area (Å²) in [4.78, 5) is 13.3. The predicted octanol–water partition coefficient (Wildman–Crippen LogP) is 13.4. The zero-order valence-electron chi connectivity index (χ0n) is 34.7. The number of nitrogens with one attached hydrogen (secondary N) is 2. The molecule has 0 fully saturated rings. The van der Waals surface area contributed by atoms with Gasteiger partial charge < -0.3 is 25.0 Å². The van der Waals surface area contributed by atoms with Gasteiger partial charge in [0.05, 0.1) is 25.7 Å². The highest BCUT2D eigenvalue weighted by Gasteiger charge is 2.22. The second-order valence-electron chi connectivity index (χ2n) is 14.5. The van der Waals surface area contributed by atoms with E-state index in [0.29, 0.717) is 17.1 Å². The second-order valence-corrected chi connectivity index (χ2v) is 14.5. The van der Waals surface area contributed by atoms with Crippen molar-refractivity contribution in [3.8, 4) is 39.3 Å². The van der Waals surface area contributed by atoms with E-state index < -0.39 is 0 Å². The summed E-state index contributed by atoms with van der Waals surface area (Å²) in [6.07, 6.45) is 29.1. The largest absolute Gasteiger partial charge is 0.497 e. The Morgan fingerprint density at radius 3 is 1.76 bits per heavy atom. The molecule has 0 unspecified atom stereocenters. The van der Waals surface area contributed by atoms with Crippen LogP contribution < -0.4 is 15.4 Å². The van der Waals surface area contributed by atoms with Gasteiger partial charge in [0.15, 0.2) is 5.76 Å². The number of carbonyl (C=O) groups excluding carboxylic acids is 1. The Morgan fingerprint density at radius 2 is 1.20 bits per heavy atom. The second kappa shape index (κ2) is 24.6. The molecule has 4 aromatic carbocycles. The SMILES string of the molecule is C=C(CCC/C=C\C/C=C\C/C=C\C/C=C\CCCCC)Nc1ccc(-c2ccc(NC(=O)Cc3onc(-c4ccc(CO)cc4)c3-c3ccc(OC)cc3)cc2)cc1. The van der Waals surface area contributed by atoms with Gasteiger partial charge in [-0.15, -0.1) is 0 Å². The molecule has 0 aliphatic rings. The van der Waals surface area contributed by atoms with Gasteiger partial charge in [0.2, 0.25) is 5.91 Å². The van der Waals surface area contributed by atoms with Gasteiger partial charge in [0.25, 0.3) is 0 Å². The predicted molar refractivity (Wildman–Crippen MR) is 245 cm³/mol. The smallest absolute Gasteiger partial charge is 0.232 e. The van der Waals surface area contributed by atoms with E-state index in [1.54, 1.807) is 7.11 Å². The standard InChI is InChI=1S/C52H59N3O4/c1-4-5-6-7-8-9-10-11-12-13-14-15-16-17-18-19-20-21-40(2)53-46-32-26-42(27-33-46)43-28-34-47(35-29-43)54-50(57)38-49-51(44-30-36-48(58-3)37-31-44)52(55-59-49)45-24-22-41(39-56)23-25-45/h8-9,11-12,14-15,17-18,22-37,53,56H,2,4-7,10,13,16,19-21,38-39H2,1,3H3,(H,54,57)/b9-8-,12-11-,15-14-,18-17-. The van der Waals surface area contributed by atoms with Crippen LogP contribution in [0.25, 0.3) is 33.5 Å². The Bertz CT molecular complexity index is 2140. The molecular weight excluding hydrogens is 731 g/mol. The molecule has 0 aliphatic heterocycles. The summed E-state index contributed by atoms with van der Waals surface area (Å²) >= 11 is 0.